The molecule has 0 bridgehead atoms. The normalized spacial score (nSPS) is 10.2. The van der Waals surface area contributed by atoms with Crippen molar-refractivity contribution in [3.05, 3.63) is 77.8 Å². The Hall–Kier alpha value is -3.92. The molecule has 0 aliphatic rings. The van der Waals surface area contributed by atoms with Crippen LogP contribution in [0.4, 0.5) is 10.1 Å². The quantitative estimate of drug-likeness (QED) is 0.612. The number of halogens is 1. The Morgan fingerprint density at radius 1 is 1.10 bits per heavy atom. The van der Waals surface area contributed by atoms with Gasteiger partial charge in [-0.2, -0.15) is 5.26 Å². The largest absolute Gasteiger partial charge is 0.461 e. The highest BCUT2D eigenvalue weighted by Crippen LogP contribution is 2.25. The number of carbonyl (C=O) groups excluding carboxylic acids is 2. The summed E-state index contributed by atoms with van der Waals surface area (Å²) >= 11 is 0. The van der Waals surface area contributed by atoms with Crippen molar-refractivity contribution in [2.45, 2.75) is 12.8 Å². The van der Waals surface area contributed by atoms with Gasteiger partial charge in [0.05, 0.1) is 23.6 Å². The second kappa shape index (κ2) is 9.33. The van der Waals surface area contributed by atoms with Crippen LogP contribution in [0, 0.1) is 17.1 Å². The van der Waals surface area contributed by atoms with Crippen molar-refractivity contribution in [1.29, 1.82) is 5.26 Å². The van der Waals surface area contributed by atoms with E-state index in [9.17, 15) is 14.0 Å². The third-order valence-corrected chi connectivity index (χ3v) is 4.02. The Morgan fingerprint density at radius 3 is 2.72 bits per heavy atom. The number of nitriles is 1. The zero-order valence-electron chi connectivity index (χ0n) is 15.4. The van der Waals surface area contributed by atoms with Crippen LogP contribution < -0.4 is 5.32 Å². The van der Waals surface area contributed by atoms with E-state index in [2.05, 4.69) is 5.32 Å². The van der Waals surface area contributed by atoms with Crippen LogP contribution in [0.1, 0.15) is 17.7 Å². The highest BCUT2D eigenvalue weighted by atomic mass is 19.1. The van der Waals surface area contributed by atoms with E-state index < -0.39 is 18.5 Å². The lowest BCUT2D eigenvalue weighted by atomic mass is 10.1. The van der Waals surface area contributed by atoms with Gasteiger partial charge in [0.1, 0.15) is 17.3 Å². The Morgan fingerprint density at radius 2 is 1.93 bits per heavy atom. The number of benzene rings is 2. The van der Waals surface area contributed by atoms with E-state index in [1.54, 1.807) is 48.5 Å². The Labute approximate surface area is 166 Å². The minimum Gasteiger partial charge on any atom is -0.461 e. The number of ether oxygens (including phenoxy) is 1. The van der Waals surface area contributed by atoms with Crippen LogP contribution in [-0.4, -0.2) is 18.5 Å². The zero-order chi connectivity index (χ0) is 20.6. The molecule has 29 heavy (non-hydrogen) atoms. The number of esters is 1. The van der Waals surface area contributed by atoms with Crippen molar-refractivity contribution >= 4 is 17.6 Å². The third-order valence-electron chi connectivity index (χ3n) is 4.02. The summed E-state index contributed by atoms with van der Waals surface area (Å²) in [6, 6.07) is 17.9. The van der Waals surface area contributed by atoms with Crippen LogP contribution in [-0.2, 0) is 20.7 Å². The van der Waals surface area contributed by atoms with Crippen LogP contribution in [0.3, 0.4) is 0 Å². The molecule has 1 heterocycles. The summed E-state index contributed by atoms with van der Waals surface area (Å²) in [4.78, 5) is 23.7. The van der Waals surface area contributed by atoms with E-state index in [1.807, 2.05) is 6.07 Å². The number of carbonyl (C=O) groups is 2. The summed E-state index contributed by atoms with van der Waals surface area (Å²) in [5, 5.41) is 11.4. The van der Waals surface area contributed by atoms with Crippen LogP contribution in [0.25, 0.3) is 11.3 Å². The first-order valence-corrected chi connectivity index (χ1v) is 8.84. The molecule has 0 radical (unpaired) electrons. The topological polar surface area (TPSA) is 92.3 Å². The highest BCUT2D eigenvalue weighted by molar-refractivity contribution is 5.92. The van der Waals surface area contributed by atoms with Crippen molar-refractivity contribution in [3.8, 4) is 17.4 Å². The molecule has 0 saturated carbocycles. The van der Waals surface area contributed by atoms with E-state index >= 15 is 0 Å². The minimum absolute atomic E-state index is 0.0153. The molecule has 0 saturated heterocycles. The summed E-state index contributed by atoms with van der Waals surface area (Å²) < 4.78 is 24.3. The minimum atomic E-state index is -0.560. The Balaban J connectivity index is 1.45. The maximum Gasteiger partial charge on any atom is 0.306 e. The van der Waals surface area contributed by atoms with Crippen LogP contribution in [0.15, 0.2) is 65.1 Å². The van der Waals surface area contributed by atoms with Crippen LogP contribution >= 0.6 is 0 Å². The summed E-state index contributed by atoms with van der Waals surface area (Å²) in [6.07, 6.45) is 0.278. The fourth-order valence-electron chi connectivity index (χ4n) is 2.63. The van der Waals surface area contributed by atoms with Gasteiger partial charge in [0.2, 0.25) is 0 Å². The van der Waals surface area contributed by atoms with Gasteiger partial charge in [0.25, 0.3) is 5.91 Å². The average molecular weight is 392 g/mol. The molecular weight excluding hydrogens is 375 g/mol. The monoisotopic (exact) mass is 392 g/mol. The second-order valence-corrected chi connectivity index (χ2v) is 6.15. The molecule has 0 aliphatic heterocycles. The van der Waals surface area contributed by atoms with Gasteiger partial charge in [-0.25, -0.2) is 4.39 Å². The van der Waals surface area contributed by atoms with E-state index in [0.29, 0.717) is 28.3 Å². The fraction of sp³-hybridized carbons (Fsp3) is 0.136. The average Bonchev–Trinajstić information content (AvgIpc) is 3.20. The van der Waals surface area contributed by atoms with Crippen molar-refractivity contribution in [2.24, 2.45) is 0 Å². The molecule has 0 atom stereocenters. The third kappa shape index (κ3) is 5.53. The predicted molar refractivity (Wildman–Crippen MR) is 103 cm³/mol. The van der Waals surface area contributed by atoms with E-state index in [0.717, 1.165) is 0 Å². The number of nitrogens with zero attached hydrogens (tertiary/aromatic N) is 1. The van der Waals surface area contributed by atoms with Gasteiger partial charge in [-0.05, 0) is 42.5 Å². The lowest BCUT2D eigenvalue weighted by molar-refractivity contribution is -0.147. The maximum atomic E-state index is 13.8. The smallest absolute Gasteiger partial charge is 0.306 e. The van der Waals surface area contributed by atoms with E-state index in [1.165, 1.54) is 12.1 Å². The molecule has 1 amide bonds. The van der Waals surface area contributed by atoms with Crippen molar-refractivity contribution < 1.29 is 23.1 Å². The van der Waals surface area contributed by atoms with E-state index in [-0.39, 0.29) is 18.7 Å². The number of rotatable bonds is 7. The van der Waals surface area contributed by atoms with Gasteiger partial charge in [0, 0.05) is 12.1 Å². The SMILES string of the molecule is N#Cc1cccc(NC(=O)COC(=O)CCc2ccc(-c3ccccc3F)o2)c1. The van der Waals surface area contributed by atoms with Crippen molar-refractivity contribution in [2.75, 3.05) is 11.9 Å². The molecule has 1 N–H and O–H groups in total. The first-order chi connectivity index (χ1) is 14.0. The first-order valence-electron chi connectivity index (χ1n) is 8.84. The van der Waals surface area contributed by atoms with Gasteiger partial charge in [-0.3, -0.25) is 9.59 Å². The summed E-state index contributed by atoms with van der Waals surface area (Å²) in [5.74, 6) is -0.564. The number of hydrogen-bond donors (Lipinski definition) is 1. The number of anilines is 1. The fourth-order valence-corrected chi connectivity index (χ4v) is 2.63. The highest BCUT2D eigenvalue weighted by Gasteiger charge is 2.12. The molecule has 1 aromatic heterocycles. The number of furan rings is 1. The van der Waals surface area contributed by atoms with Crippen molar-refractivity contribution in [3.63, 3.8) is 0 Å². The van der Waals surface area contributed by atoms with Crippen molar-refractivity contribution in [1.82, 2.24) is 0 Å². The predicted octanol–water partition coefficient (Wildman–Crippen LogP) is 4.07. The van der Waals surface area contributed by atoms with Gasteiger partial charge in [-0.1, -0.05) is 18.2 Å². The second-order valence-electron chi connectivity index (χ2n) is 6.15. The number of hydrogen-bond acceptors (Lipinski definition) is 5. The van der Waals surface area contributed by atoms with E-state index in [4.69, 9.17) is 14.4 Å². The summed E-state index contributed by atoms with van der Waals surface area (Å²) in [5.41, 5.74) is 1.20. The standard InChI is InChI=1S/C22H17FN2O4/c23-19-7-2-1-6-18(19)20-10-8-17(29-20)9-11-22(27)28-14-21(26)25-16-5-3-4-15(12-16)13-24/h1-8,10,12H,9,11,14H2,(H,25,26). The lowest BCUT2D eigenvalue weighted by Gasteiger charge is -2.06. The molecule has 0 spiro atoms. The van der Waals surface area contributed by atoms with Gasteiger partial charge in [-0.15, -0.1) is 0 Å². The Bertz CT molecular complexity index is 1070. The zero-order valence-corrected chi connectivity index (χ0v) is 15.4. The molecule has 0 aliphatic carbocycles. The molecule has 146 valence electrons. The molecule has 0 unspecified atom stereocenters. The molecule has 0 fully saturated rings. The molecule has 3 aromatic rings. The van der Waals surface area contributed by atoms with Crippen LogP contribution in [0.2, 0.25) is 0 Å². The number of aryl methyl sites for hydroxylation is 1. The molecular formula is C22H17FN2O4. The lowest BCUT2D eigenvalue weighted by Crippen LogP contribution is -2.21. The van der Waals surface area contributed by atoms with Gasteiger partial charge in [0.15, 0.2) is 6.61 Å². The number of amides is 1. The summed E-state index contributed by atoms with van der Waals surface area (Å²) in [6.45, 7) is -0.436. The first kappa shape index (κ1) is 19.8. The van der Waals surface area contributed by atoms with Gasteiger partial charge < -0.3 is 14.5 Å². The van der Waals surface area contributed by atoms with Gasteiger partial charge >= 0.3 is 5.97 Å². The summed E-state index contributed by atoms with van der Waals surface area (Å²) in [7, 11) is 0. The molecule has 3 rings (SSSR count). The maximum absolute atomic E-state index is 13.8. The number of nitrogens with one attached hydrogen (secondary N) is 1. The molecule has 6 nitrogen and oxygen atoms in total. The molecule has 2 aromatic carbocycles. The van der Waals surface area contributed by atoms with Crippen LogP contribution in [0.5, 0.6) is 0 Å². The Kier molecular flexibility index (Phi) is 6.38. The molecule has 7 heteroatoms.